The second-order valence-corrected chi connectivity index (χ2v) is 6.75. The molecule has 0 aliphatic rings. The van der Waals surface area contributed by atoms with Crippen molar-refractivity contribution in [1.29, 1.82) is 0 Å². The maximum absolute atomic E-state index is 11.9. The van der Waals surface area contributed by atoms with Gasteiger partial charge in [-0.3, -0.25) is 4.79 Å². The third-order valence-corrected chi connectivity index (χ3v) is 5.30. The minimum atomic E-state index is 0.00371. The highest BCUT2D eigenvalue weighted by Gasteiger charge is 2.06. The molecule has 0 saturated carbocycles. The van der Waals surface area contributed by atoms with Gasteiger partial charge in [-0.1, -0.05) is 18.2 Å². The predicted octanol–water partition coefficient (Wildman–Crippen LogP) is 4.90. The van der Waals surface area contributed by atoms with Gasteiger partial charge in [-0.25, -0.2) is 0 Å². The maximum atomic E-state index is 11.9. The molecule has 0 unspecified atom stereocenters. The lowest BCUT2D eigenvalue weighted by Crippen LogP contribution is -2.13. The predicted molar refractivity (Wildman–Crippen MR) is 91.7 cm³/mol. The molecule has 0 atom stereocenters. The SMILES string of the molecule is CSc1cccc(NC(=O)CSc2ccccc2Br)c1. The molecule has 2 nitrogen and oxygen atoms in total. The molecular weight excluding hydrogens is 354 g/mol. The van der Waals surface area contributed by atoms with Crippen LogP contribution in [0.25, 0.3) is 0 Å². The average Bonchev–Trinajstić information content (AvgIpc) is 2.46. The van der Waals surface area contributed by atoms with Gasteiger partial charge >= 0.3 is 0 Å². The Morgan fingerprint density at radius 2 is 2.00 bits per heavy atom. The smallest absolute Gasteiger partial charge is 0.234 e. The van der Waals surface area contributed by atoms with Gasteiger partial charge in [-0.15, -0.1) is 23.5 Å². The number of carbonyl (C=O) groups excluding carboxylic acids is 1. The monoisotopic (exact) mass is 367 g/mol. The summed E-state index contributed by atoms with van der Waals surface area (Å²) in [5.74, 6) is 0.399. The second-order valence-electron chi connectivity index (χ2n) is 4.00. The van der Waals surface area contributed by atoms with Crippen molar-refractivity contribution in [2.45, 2.75) is 9.79 Å². The van der Waals surface area contributed by atoms with E-state index < -0.39 is 0 Å². The number of halogens is 1. The number of hydrogen-bond acceptors (Lipinski definition) is 3. The summed E-state index contributed by atoms with van der Waals surface area (Å²) in [7, 11) is 0. The topological polar surface area (TPSA) is 29.1 Å². The maximum Gasteiger partial charge on any atom is 0.234 e. The number of nitrogens with one attached hydrogen (secondary N) is 1. The van der Waals surface area contributed by atoms with Gasteiger partial charge in [0.15, 0.2) is 0 Å². The minimum Gasteiger partial charge on any atom is -0.325 e. The summed E-state index contributed by atoms with van der Waals surface area (Å²) in [5.41, 5.74) is 0.842. The van der Waals surface area contributed by atoms with Gasteiger partial charge in [0.05, 0.1) is 5.75 Å². The summed E-state index contributed by atoms with van der Waals surface area (Å²) < 4.78 is 1.02. The Morgan fingerprint density at radius 1 is 1.20 bits per heavy atom. The fourth-order valence-electron chi connectivity index (χ4n) is 1.60. The second kappa shape index (κ2) is 7.76. The third kappa shape index (κ3) is 4.58. The van der Waals surface area contributed by atoms with E-state index in [0.717, 1.165) is 20.0 Å². The normalized spacial score (nSPS) is 10.3. The largest absolute Gasteiger partial charge is 0.325 e. The molecule has 0 aliphatic heterocycles. The van der Waals surface area contributed by atoms with E-state index >= 15 is 0 Å². The van der Waals surface area contributed by atoms with Gasteiger partial charge in [0, 0.05) is 20.0 Å². The van der Waals surface area contributed by atoms with Crippen molar-refractivity contribution < 1.29 is 4.79 Å². The van der Waals surface area contributed by atoms with Gasteiger partial charge < -0.3 is 5.32 Å². The van der Waals surface area contributed by atoms with Crippen LogP contribution in [0.3, 0.4) is 0 Å². The molecule has 1 amide bonds. The van der Waals surface area contributed by atoms with Crippen LogP contribution in [-0.2, 0) is 4.79 Å². The number of anilines is 1. The molecule has 1 N–H and O–H groups in total. The highest BCUT2D eigenvalue weighted by molar-refractivity contribution is 9.10. The van der Waals surface area contributed by atoms with E-state index in [1.54, 1.807) is 11.8 Å². The number of carbonyl (C=O) groups is 1. The van der Waals surface area contributed by atoms with Crippen LogP contribution < -0.4 is 5.32 Å². The lowest BCUT2D eigenvalue weighted by Gasteiger charge is -2.07. The van der Waals surface area contributed by atoms with Crippen molar-refractivity contribution in [3.8, 4) is 0 Å². The molecule has 0 bridgehead atoms. The van der Waals surface area contributed by atoms with Gasteiger partial charge in [0.1, 0.15) is 0 Å². The minimum absolute atomic E-state index is 0.00371. The lowest BCUT2D eigenvalue weighted by atomic mass is 10.3. The average molecular weight is 368 g/mol. The van der Waals surface area contributed by atoms with Crippen LogP contribution in [0.1, 0.15) is 0 Å². The zero-order valence-electron chi connectivity index (χ0n) is 10.9. The molecule has 20 heavy (non-hydrogen) atoms. The molecule has 0 aliphatic carbocycles. The quantitative estimate of drug-likeness (QED) is 0.761. The van der Waals surface area contributed by atoms with Gasteiger partial charge in [0.2, 0.25) is 5.91 Å². The number of rotatable bonds is 5. The first-order valence-corrected chi connectivity index (χ1v) is 9.00. The molecule has 0 heterocycles. The Balaban J connectivity index is 1.91. The van der Waals surface area contributed by atoms with Crippen molar-refractivity contribution in [3.05, 3.63) is 53.0 Å². The molecule has 0 radical (unpaired) electrons. The Hall–Kier alpha value is -0.910. The van der Waals surface area contributed by atoms with E-state index in [1.165, 1.54) is 11.8 Å². The van der Waals surface area contributed by atoms with Gasteiger partial charge in [-0.2, -0.15) is 0 Å². The molecule has 5 heteroatoms. The van der Waals surface area contributed by atoms with Crippen LogP contribution in [0.2, 0.25) is 0 Å². The number of benzene rings is 2. The number of thioether (sulfide) groups is 2. The fraction of sp³-hybridized carbons (Fsp3) is 0.133. The van der Waals surface area contributed by atoms with Crippen LogP contribution >= 0.6 is 39.5 Å². The van der Waals surface area contributed by atoms with E-state index in [9.17, 15) is 4.79 Å². The van der Waals surface area contributed by atoms with Crippen LogP contribution in [0.15, 0.2) is 62.8 Å². The van der Waals surface area contributed by atoms with Gasteiger partial charge in [0.25, 0.3) is 0 Å². The molecule has 0 saturated heterocycles. The van der Waals surface area contributed by atoms with Crippen LogP contribution in [0, 0.1) is 0 Å². The molecule has 2 rings (SSSR count). The summed E-state index contributed by atoms with van der Waals surface area (Å²) >= 11 is 6.66. The van der Waals surface area contributed by atoms with Crippen molar-refractivity contribution in [3.63, 3.8) is 0 Å². The fourth-order valence-corrected chi connectivity index (χ4v) is 3.43. The molecule has 104 valence electrons. The molecule has 2 aromatic rings. The first-order valence-electron chi connectivity index (χ1n) is 6.00. The van der Waals surface area contributed by atoms with Crippen LogP contribution in [0.5, 0.6) is 0 Å². The number of hydrogen-bond donors (Lipinski definition) is 1. The van der Waals surface area contributed by atoms with Gasteiger partial charge in [-0.05, 0) is 52.5 Å². The Morgan fingerprint density at radius 3 is 2.75 bits per heavy atom. The Kier molecular flexibility index (Phi) is 6.01. The van der Waals surface area contributed by atoms with E-state index in [4.69, 9.17) is 0 Å². The standard InChI is InChI=1S/C15H14BrNOS2/c1-19-12-6-4-5-11(9-12)17-15(18)10-20-14-8-3-2-7-13(14)16/h2-9H,10H2,1H3,(H,17,18). The van der Waals surface area contributed by atoms with Crippen molar-refractivity contribution in [2.75, 3.05) is 17.3 Å². The first-order chi connectivity index (χ1) is 9.69. The van der Waals surface area contributed by atoms with Crippen molar-refractivity contribution >= 4 is 51.0 Å². The third-order valence-electron chi connectivity index (χ3n) is 2.55. The van der Waals surface area contributed by atoms with Crippen LogP contribution in [-0.4, -0.2) is 17.9 Å². The van der Waals surface area contributed by atoms with E-state index in [1.807, 2.05) is 54.8 Å². The zero-order valence-corrected chi connectivity index (χ0v) is 14.1. The highest BCUT2D eigenvalue weighted by Crippen LogP contribution is 2.27. The summed E-state index contributed by atoms with van der Waals surface area (Å²) in [6.07, 6.45) is 2.02. The zero-order chi connectivity index (χ0) is 14.4. The molecule has 0 fully saturated rings. The Labute approximate surface area is 135 Å². The first kappa shape index (κ1) is 15.5. The van der Waals surface area contributed by atoms with E-state index in [2.05, 4.69) is 21.2 Å². The lowest BCUT2D eigenvalue weighted by molar-refractivity contribution is -0.113. The summed E-state index contributed by atoms with van der Waals surface area (Å²) in [6, 6.07) is 15.7. The molecule has 0 spiro atoms. The van der Waals surface area contributed by atoms with E-state index in [-0.39, 0.29) is 5.91 Å². The summed E-state index contributed by atoms with van der Waals surface area (Å²) in [4.78, 5) is 14.2. The van der Waals surface area contributed by atoms with E-state index in [0.29, 0.717) is 5.75 Å². The van der Waals surface area contributed by atoms with Crippen LogP contribution in [0.4, 0.5) is 5.69 Å². The molecule has 0 aromatic heterocycles. The number of amides is 1. The summed E-state index contributed by atoms with van der Waals surface area (Å²) in [5, 5.41) is 2.92. The molecule has 2 aromatic carbocycles. The highest BCUT2D eigenvalue weighted by atomic mass is 79.9. The van der Waals surface area contributed by atoms with Crippen molar-refractivity contribution in [2.24, 2.45) is 0 Å². The molecular formula is C15H14BrNOS2. The summed E-state index contributed by atoms with van der Waals surface area (Å²) in [6.45, 7) is 0. The Bertz CT molecular complexity index is 604. The van der Waals surface area contributed by atoms with Crippen molar-refractivity contribution in [1.82, 2.24) is 0 Å².